The van der Waals surface area contributed by atoms with Gasteiger partial charge in [-0.1, -0.05) is 40.7 Å². The highest BCUT2D eigenvalue weighted by Crippen LogP contribution is 2.32. The summed E-state index contributed by atoms with van der Waals surface area (Å²) in [4.78, 5) is 50.0. The molecule has 2 N–H and O–H groups in total. The summed E-state index contributed by atoms with van der Waals surface area (Å²) in [5.74, 6) is -1.59. The summed E-state index contributed by atoms with van der Waals surface area (Å²) in [6.45, 7) is 16.1. The van der Waals surface area contributed by atoms with Crippen molar-refractivity contribution in [1.82, 2.24) is 0 Å². The van der Waals surface area contributed by atoms with Gasteiger partial charge in [-0.3, -0.25) is 9.59 Å². The van der Waals surface area contributed by atoms with Crippen molar-refractivity contribution in [3.8, 4) is 11.5 Å². The zero-order valence-corrected chi connectivity index (χ0v) is 26.1. The minimum atomic E-state index is -1.58. The number of methoxy groups -OCH3 is 1. The third kappa shape index (κ3) is 11.6. The van der Waals surface area contributed by atoms with Crippen molar-refractivity contribution in [3.63, 3.8) is 0 Å². The summed E-state index contributed by atoms with van der Waals surface area (Å²) in [6.07, 6.45) is -1.04. The van der Waals surface area contributed by atoms with Gasteiger partial charge in [0.05, 0.1) is 19.6 Å². The Morgan fingerprint density at radius 2 is 1.37 bits per heavy atom. The molecule has 11 heteroatoms. The maximum Gasteiger partial charge on any atom is 0.514 e. The van der Waals surface area contributed by atoms with Crippen LogP contribution in [0.5, 0.6) is 11.5 Å². The Bertz CT molecular complexity index is 1070. The van der Waals surface area contributed by atoms with Gasteiger partial charge in [-0.05, 0) is 64.2 Å². The lowest BCUT2D eigenvalue weighted by Crippen LogP contribution is -2.51. The maximum atomic E-state index is 12.7. The number of benzene rings is 1. The SMILES string of the molecule is CCC(C)(C)OC(=O)Oc1ccc(CC(N)(CCOC(=O)[C@@H](C)C(C)C)C(=O)OC)cc1OC(=O)OC(C)(C)CC. The van der Waals surface area contributed by atoms with E-state index in [1.54, 1.807) is 40.7 Å². The molecule has 0 bridgehead atoms. The molecule has 1 unspecified atom stereocenters. The van der Waals surface area contributed by atoms with Crippen LogP contribution in [-0.4, -0.2) is 54.7 Å². The number of rotatable bonds is 14. The van der Waals surface area contributed by atoms with Gasteiger partial charge in [0.2, 0.25) is 0 Å². The second kappa shape index (κ2) is 15.0. The molecule has 0 aliphatic heterocycles. The lowest BCUT2D eigenvalue weighted by atomic mass is 9.88. The van der Waals surface area contributed by atoms with Gasteiger partial charge in [0.1, 0.15) is 16.7 Å². The molecule has 232 valence electrons. The van der Waals surface area contributed by atoms with Crippen LogP contribution in [0.1, 0.15) is 87.1 Å². The smallest absolute Gasteiger partial charge is 0.468 e. The van der Waals surface area contributed by atoms with Gasteiger partial charge in [-0.25, -0.2) is 9.59 Å². The highest BCUT2D eigenvalue weighted by atomic mass is 16.8. The molecule has 1 rings (SSSR count). The van der Waals surface area contributed by atoms with Crippen LogP contribution < -0.4 is 15.2 Å². The molecule has 0 heterocycles. The first kappa shape index (κ1) is 35.7. The fraction of sp³-hybridized carbons (Fsp3) is 0.667. The van der Waals surface area contributed by atoms with Crippen molar-refractivity contribution in [2.45, 2.75) is 105 Å². The van der Waals surface area contributed by atoms with Crippen molar-refractivity contribution >= 4 is 24.2 Å². The van der Waals surface area contributed by atoms with Crippen LogP contribution in [0.25, 0.3) is 0 Å². The minimum absolute atomic E-state index is 0.0319. The summed E-state index contributed by atoms with van der Waals surface area (Å²) in [6, 6.07) is 4.36. The van der Waals surface area contributed by atoms with Gasteiger partial charge in [0, 0.05) is 12.8 Å². The van der Waals surface area contributed by atoms with Crippen LogP contribution in [0.2, 0.25) is 0 Å². The number of ether oxygens (including phenoxy) is 6. The minimum Gasteiger partial charge on any atom is -0.468 e. The molecule has 0 aliphatic carbocycles. The number of carbonyl (C=O) groups excluding carboxylic acids is 4. The van der Waals surface area contributed by atoms with Crippen LogP contribution in [0, 0.1) is 11.8 Å². The molecule has 0 aliphatic rings. The third-order valence-corrected chi connectivity index (χ3v) is 7.09. The van der Waals surface area contributed by atoms with Gasteiger partial charge in [0.15, 0.2) is 11.5 Å². The molecule has 11 nitrogen and oxygen atoms in total. The number of nitrogens with two attached hydrogens (primary N) is 1. The van der Waals surface area contributed by atoms with Crippen molar-refractivity contribution < 1.29 is 47.6 Å². The van der Waals surface area contributed by atoms with Crippen molar-refractivity contribution in [2.75, 3.05) is 13.7 Å². The quantitative estimate of drug-likeness (QED) is 0.163. The molecule has 2 atom stereocenters. The number of esters is 2. The van der Waals surface area contributed by atoms with Crippen molar-refractivity contribution in [3.05, 3.63) is 23.8 Å². The first-order valence-corrected chi connectivity index (χ1v) is 13.9. The van der Waals surface area contributed by atoms with Crippen LogP contribution >= 0.6 is 0 Å². The topological polar surface area (TPSA) is 150 Å². The second-order valence-corrected chi connectivity index (χ2v) is 11.7. The van der Waals surface area contributed by atoms with E-state index in [0.717, 1.165) is 0 Å². The van der Waals surface area contributed by atoms with E-state index in [1.807, 2.05) is 27.7 Å². The second-order valence-electron chi connectivity index (χ2n) is 11.7. The van der Waals surface area contributed by atoms with E-state index in [0.29, 0.717) is 18.4 Å². The zero-order chi connectivity index (χ0) is 31.6. The number of carbonyl (C=O) groups is 4. The normalized spacial score (nSPS) is 14.0. The predicted molar refractivity (Wildman–Crippen MR) is 152 cm³/mol. The molecule has 0 saturated heterocycles. The molecule has 1 aromatic carbocycles. The van der Waals surface area contributed by atoms with E-state index in [-0.39, 0.29) is 42.8 Å². The lowest BCUT2D eigenvalue weighted by molar-refractivity contribution is -0.153. The highest BCUT2D eigenvalue weighted by Gasteiger charge is 2.36. The Kier molecular flexibility index (Phi) is 13.1. The van der Waals surface area contributed by atoms with Crippen molar-refractivity contribution in [2.24, 2.45) is 17.6 Å². The average Bonchev–Trinajstić information content (AvgIpc) is 2.88. The Labute approximate surface area is 243 Å². The average molecular weight is 582 g/mol. The molecule has 0 saturated carbocycles. The fourth-order valence-electron chi connectivity index (χ4n) is 3.21. The summed E-state index contributed by atoms with van der Waals surface area (Å²) < 4.78 is 31.8. The van der Waals surface area contributed by atoms with Crippen LogP contribution in [0.15, 0.2) is 18.2 Å². The van der Waals surface area contributed by atoms with E-state index in [4.69, 9.17) is 34.2 Å². The Morgan fingerprint density at radius 1 is 0.854 bits per heavy atom. The van der Waals surface area contributed by atoms with Gasteiger partial charge >= 0.3 is 24.2 Å². The van der Waals surface area contributed by atoms with Crippen LogP contribution in [0.4, 0.5) is 9.59 Å². The van der Waals surface area contributed by atoms with E-state index in [2.05, 4.69) is 0 Å². The van der Waals surface area contributed by atoms with Gasteiger partial charge in [0.25, 0.3) is 0 Å². The van der Waals surface area contributed by atoms with Crippen molar-refractivity contribution in [1.29, 1.82) is 0 Å². The Morgan fingerprint density at radius 3 is 1.83 bits per heavy atom. The molecular weight excluding hydrogens is 534 g/mol. The first-order chi connectivity index (χ1) is 18.9. The van der Waals surface area contributed by atoms with E-state index >= 15 is 0 Å². The van der Waals surface area contributed by atoms with Gasteiger partial charge in [-0.2, -0.15) is 0 Å². The molecular formula is C30H47NO10. The third-order valence-electron chi connectivity index (χ3n) is 7.09. The summed E-state index contributed by atoms with van der Waals surface area (Å²) in [7, 11) is 1.21. The predicted octanol–water partition coefficient (Wildman–Crippen LogP) is 5.73. The van der Waals surface area contributed by atoms with Gasteiger partial charge < -0.3 is 34.2 Å². The largest absolute Gasteiger partial charge is 0.514 e. The lowest BCUT2D eigenvalue weighted by Gasteiger charge is -2.27. The summed E-state index contributed by atoms with van der Waals surface area (Å²) >= 11 is 0. The Hall–Kier alpha value is -3.34. The summed E-state index contributed by atoms with van der Waals surface area (Å²) in [5, 5.41) is 0. The summed E-state index contributed by atoms with van der Waals surface area (Å²) in [5.41, 5.74) is 3.75. The molecule has 0 amide bonds. The molecule has 1 aromatic rings. The first-order valence-electron chi connectivity index (χ1n) is 13.9. The van der Waals surface area contributed by atoms with Gasteiger partial charge in [-0.15, -0.1) is 0 Å². The number of hydrogen-bond acceptors (Lipinski definition) is 11. The van der Waals surface area contributed by atoms with E-state index in [9.17, 15) is 19.2 Å². The maximum absolute atomic E-state index is 12.7. The zero-order valence-electron chi connectivity index (χ0n) is 26.1. The highest BCUT2D eigenvalue weighted by molar-refractivity contribution is 5.81. The molecule has 0 fully saturated rings. The standard InChI is InChI=1S/C30H47NO10/c1-11-28(6,7)40-26(34)38-22-14-13-21(17-23(22)39-27(35)41-29(8,9)12-2)18-30(31,25(33)36-10)15-16-37-24(32)20(5)19(3)4/h13-14,17,19-20H,11-12,15-16,18,31H2,1-10H3/t20-,30?/m0/s1. The monoisotopic (exact) mass is 581 g/mol. The Balaban J connectivity index is 3.28. The van der Waals surface area contributed by atoms with E-state index < -0.39 is 41.0 Å². The molecule has 0 spiro atoms. The molecule has 0 aromatic heterocycles. The fourth-order valence-corrected chi connectivity index (χ4v) is 3.21. The van der Waals surface area contributed by atoms with Crippen LogP contribution in [-0.2, 0) is 35.0 Å². The molecule has 0 radical (unpaired) electrons. The van der Waals surface area contributed by atoms with Crippen LogP contribution in [0.3, 0.4) is 0 Å². The van der Waals surface area contributed by atoms with E-state index in [1.165, 1.54) is 19.2 Å². The molecule has 41 heavy (non-hydrogen) atoms. The number of hydrogen-bond donors (Lipinski definition) is 1.